The van der Waals surface area contributed by atoms with E-state index in [2.05, 4.69) is 26.0 Å². The summed E-state index contributed by atoms with van der Waals surface area (Å²) in [5.74, 6) is 0. The molecule has 0 aromatic carbocycles. The molecule has 1 aliphatic rings. The van der Waals surface area contributed by atoms with E-state index in [1.165, 1.54) is 11.1 Å². The Hall–Kier alpha value is 0.484. The Morgan fingerprint density at radius 1 is 1.44 bits per heavy atom. The van der Waals surface area contributed by atoms with Gasteiger partial charge in [-0.05, 0) is 0 Å². The van der Waals surface area contributed by atoms with Gasteiger partial charge in [-0.1, -0.05) is 6.92 Å². The van der Waals surface area contributed by atoms with Crippen LogP contribution in [-0.2, 0) is 21.7 Å². The number of allylic oxidation sites excluding steroid dienone is 4. The molecule has 0 saturated carbocycles. The Balaban J connectivity index is 0. The van der Waals surface area contributed by atoms with E-state index in [-0.39, 0.29) is 34.1 Å². The summed E-state index contributed by atoms with van der Waals surface area (Å²) in [6.07, 6.45) is 6.22. The molecule has 9 heavy (non-hydrogen) atoms. The SMILES string of the molecule is CC1=C(C)C[C-]=C1.Cl.[Ti]. The van der Waals surface area contributed by atoms with Crippen molar-refractivity contribution in [3.8, 4) is 0 Å². The van der Waals surface area contributed by atoms with E-state index in [4.69, 9.17) is 0 Å². The Morgan fingerprint density at radius 3 is 2.11 bits per heavy atom. The molecule has 1 aliphatic carbocycles. The molecule has 2 heteroatoms. The molecule has 0 spiro atoms. The maximum atomic E-state index is 3.12. The summed E-state index contributed by atoms with van der Waals surface area (Å²) in [5, 5.41) is 0. The van der Waals surface area contributed by atoms with Crippen LogP contribution in [0.4, 0.5) is 0 Å². The van der Waals surface area contributed by atoms with Gasteiger partial charge in [-0.2, -0.15) is 5.57 Å². The molecule has 0 bridgehead atoms. The van der Waals surface area contributed by atoms with Crippen molar-refractivity contribution in [1.29, 1.82) is 0 Å². The van der Waals surface area contributed by atoms with Crippen LogP contribution in [0.5, 0.6) is 0 Å². The monoisotopic (exact) mass is 177 g/mol. The van der Waals surface area contributed by atoms with Gasteiger partial charge >= 0.3 is 0 Å². The van der Waals surface area contributed by atoms with Gasteiger partial charge in [0, 0.05) is 21.7 Å². The maximum Gasteiger partial charge on any atom is 0 e. The van der Waals surface area contributed by atoms with Crippen molar-refractivity contribution in [3.63, 3.8) is 0 Å². The van der Waals surface area contributed by atoms with Crippen molar-refractivity contribution in [1.82, 2.24) is 0 Å². The molecular formula is C7H10ClTi-. The van der Waals surface area contributed by atoms with Crippen molar-refractivity contribution in [2.75, 3.05) is 0 Å². The molecule has 0 N–H and O–H groups in total. The van der Waals surface area contributed by atoms with Gasteiger partial charge in [0.15, 0.2) is 0 Å². The summed E-state index contributed by atoms with van der Waals surface area (Å²) in [6, 6.07) is 0. The average molecular weight is 177 g/mol. The molecule has 0 aromatic heterocycles. The van der Waals surface area contributed by atoms with E-state index in [9.17, 15) is 0 Å². The van der Waals surface area contributed by atoms with Crippen LogP contribution in [0.2, 0.25) is 0 Å². The van der Waals surface area contributed by atoms with Crippen molar-refractivity contribution in [3.05, 3.63) is 23.3 Å². The summed E-state index contributed by atoms with van der Waals surface area (Å²) < 4.78 is 0. The van der Waals surface area contributed by atoms with Gasteiger partial charge in [0.05, 0.1) is 0 Å². The molecule has 0 atom stereocenters. The minimum Gasteiger partial charge on any atom is -0.272 e. The van der Waals surface area contributed by atoms with E-state index in [0.29, 0.717) is 0 Å². The first-order chi connectivity index (χ1) is 3.30. The van der Waals surface area contributed by atoms with Crippen LogP contribution in [-0.4, -0.2) is 0 Å². The predicted octanol–water partition coefficient (Wildman–Crippen LogP) is 2.51. The van der Waals surface area contributed by atoms with Gasteiger partial charge in [0.1, 0.15) is 0 Å². The second-order valence-electron chi connectivity index (χ2n) is 1.99. The van der Waals surface area contributed by atoms with Crippen LogP contribution in [0.15, 0.2) is 17.2 Å². The van der Waals surface area contributed by atoms with Crippen LogP contribution in [0, 0.1) is 6.08 Å². The van der Waals surface area contributed by atoms with Gasteiger partial charge in [0.2, 0.25) is 0 Å². The van der Waals surface area contributed by atoms with Crippen LogP contribution < -0.4 is 0 Å². The van der Waals surface area contributed by atoms with Crippen LogP contribution in [0.25, 0.3) is 0 Å². The Labute approximate surface area is 77.7 Å². The zero-order valence-corrected chi connectivity index (χ0v) is 8.07. The number of rotatable bonds is 0. The molecule has 0 unspecified atom stereocenters. The summed E-state index contributed by atoms with van der Waals surface area (Å²) in [6.45, 7) is 4.27. The molecule has 0 radical (unpaired) electrons. The normalized spacial score (nSPS) is 14.9. The number of hydrogen-bond donors (Lipinski definition) is 0. The third-order valence-electron chi connectivity index (χ3n) is 1.36. The minimum atomic E-state index is 0. The number of hydrogen-bond acceptors (Lipinski definition) is 0. The fraction of sp³-hybridized carbons (Fsp3) is 0.429. The van der Waals surface area contributed by atoms with Crippen LogP contribution in [0.3, 0.4) is 0 Å². The van der Waals surface area contributed by atoms with E-state index < -0.39 is 0 Å². The first kappa shape index (κ1) is 12.2. The molecule has 1 rings (SSSR count). The largest absolute Gasteiger partial charge is 0.272 e. The quantitative estimate of drug-likeness (QED) is 0.394. The predicted molar refractivity (Wildman–Crippen MR) is 38.1 cm³/mol. The third kappa shape index (κ3) is 3.25. The van der Waals surface area contributed by atoms with Gasteiger partial charge in [-0.25, -0.2) is 11.6 Å². The molecule has 0 nitrogen and oxygen atoms in total. The van der Waals surface area contributed by atoms with Crippen LogP contribution >= 0.6 is 12.4 Å². The summed E-state index contributed by atoms with van der Waals surface area (Å²) in [4.78, 5) is 0. The maximum absolute atomic E-state index is 3.12. The Bertz CT molecular complexity index is 136. The third-order valence-corrected chi connectivity index (χ3v) is 1.36. The van der Waals surface area contributed by atoms with E-state index in [1.54, 1.807) is 0 Å². The van der Waals surface area contributed by atoms with Gasteiger partial charge < -0.3 is 0 Å². The van der Waals surface area contributed by atoms with E-state index >= 15 is 0 Å². The fourth-order valence-corrected chi connectivity index (χ4v) is 0.620. The average Bonchev–Trinajstić information content (AvgIpc) is 1.91. The summed E-state index contributed by atoms with van der Waals surface area (Å²) >= 11 is 0. The molecule has 0 fully saturated rings. The summed E-state index contributed by atoms with van der Waals surface area (Å²) in [7, 11) is 0. The zero-order chi connectivity index (χ0) is 5.28. The Morgan fingerprint density at radius 2 is 2.00 bits per heavy atom. The molecule has 0 amide bonds. The molecule has 0 aliphatic heterocycles. The molecule has 0 saturated heterocycles. The second kappa shape index (κ2) is 5.28. The second-order valence-corrected chi connectivity index (χ2v) is 1.99. The number of halogens is 1. The summed E-state index contributed by atoms with van der Waals surface area (Å²) in [5.41, 5.74) is 2.85. The molecule has 0 heterocycles. The smallest absolute Gasteiger partial charge is 0 e. The molecular weight excluding hydrogens is 167 g/mol. The van der Waals surface area contributed by atoms with Gasteiger partial charge in [0.25, 0.3) is 0 Å². The topological polar surface area (TPSA) is 0 Å². The first-order valence-corrected chi connectivity index (χ1v) is 2.53. The van der Waals surface area contributed by atoms with Gasteiger partial charge in [-0.3, -0.25) is 6.08 Å². The minimum absolute atomic E-state index is 0. The van der Waals surface area contributed by atoms with Crippen molar-refractivity contribution in [2.45, 2.75) is 20.3 Å². The van der Waals surface area contributed by atoms with Crippen molar-refractivity contribution >= 4 is 12.4 Å². The zero-order valence-electron chi connectivity index (χ0n) is 5.69. The van der Waals surface area contributed by atoms with Crippen molar-refractivity contribution < 1.29 is 21.7 Å². The molecule has 0 aromatic rings. The first-order valence-electron chi connectivity index (χ1n) is 2.53. The Kier molecular flexibility index (Phi) is 7.15. The van der Waals surface area contributed by atoms with E-state index in [0.717, 1.165) is 6.42 Å². The van der Waals surface area contributed by atoms with E-state index in [1.807, 2.05) is 0 Å². The molecule has 50 valence electrons. The van der Waals surface area contributed by atoms with Crippen molar-refractivity contribution in [2.24, 2.45) is 0 Å². The van der Waals surface area contributed by atoms with Gasteiger partial charge in [-0.15, -0.1) is 25.8 Å². The fourth-order valence-electron chi connectivity index (χ4n) is 0.620. The van der Waals surface area contributed by atoms with Crippen LogP contribution in [0.1, 0.15) is 20.3 Å². The standard InChI is InChI=1S/C7H9.ClH.Ti/c1-6-4-3-5-7(6)2;;/h4H,5H2,1-2H3;1H;/q-1;;.